The molecule has 0 radical (unpaired) electrons. The SMILES string of the molecule is O=C(CCC(=O)NS(=O)(=O)O)NN1C(=O)CCC1=O. The molecule has 0 bridgehead atoms. The number of nitrogens with zero attached hydrogens (tertiary/aromatic N) is 1. The quantitative estimate of drug-likeness (QED) is 0.387. The Kier molecular flexibility index (Phi) is 4.56. The summed E-state index contributed by atoms with van der Waals surface area (Å²) in [5.74, 6) is -2.99. The van der Waals surface area contributed by atoms with E-state index in [1.165, 1.54) is 4.72 Å². The van der Waals surface area contributed by atoms with E-state index in [1.54, 1.807) is 0 Å². The van der Waals surface area contributed by atoms with Crippen molar-refractivity contribution in [2.24, 2.45) is 0 Å². The minimum absolute atomic E-state index is 0.00234. The summed E-state index contributed by atoms with van der Waals surface area (Å²) >= 11 is 0. The van der Waals surface area contributed by atoms with Gasteiger partial charge in [0.15, 0.2) is 0 Å². The summed E-state index contributed by atoms with van der Waals surface area (Å²) < 4.78 is 30.1. The Morgan fingerprint density at radius 3 is 2.05 bits per heavy atom. The molecule has 0 unspecified atom stereocenters. The maximum absolute atomic E-state index is 11.3. The number of hydrogen-bond acceptors (Lipinski definition) is 6. The number of carbonyl (C=O) groups is 4. The maximum atomic E-state index is 11.3. The molecular weight excluding hydrogens is 282 g/mol. The van der Waals surface area contributed by atoms with Crippen LogP contribution in [-0.2, 0) is 29.5 Å². The van der Waals surface area contributed by atoms with E-state index in [0.717, 1.165) is 0 Å². The topological polar surface area (TPSA) is 150 Å². The molecule has 19 heavy (non-hydrogen) atoms. The van der Waals surface area contributed by atoms with Gasteiger partial charge < -0.3 is 0 Å². The van der Waals surface area contributed by atoms with Crippen molar-refractivity contribution in [1.82, 2.24) is 15.2 Å². The summed E-state index contributed by atoms with van der Waals surface area (Å²) in [5.41, 5.74) is 2.00. The van der Waals surface area contributed by atoms with Gasteiger partial charge in [0.05, 0.1) is 0 Å². The molecule has 0 spiro atoms. The van der Waals surface area contributed by atoms with Gasteiger partial charge in [0.25, 0.3) is 0 Å². The van der Waals surface area contributed by atoms with Crippen molar-refractivity contribution in [3.8, 4) is 0 Å². The van der Waals surface area contributed by atoms with Crippen molar-refractivity contribution in [1.29, 1.82) is 0 Å². The molecular formula is C8H11N3O7S. The highest BCUT2D eigenvalue weighted by Gasteiger charge is 2.30. The molecule has 1 fully saturated rings. The molecule has 1 aliphatic heterocycles. The van der Waals surface area contributed by atoms with Gasteiger partial charge in [-0.3, -0.25) is 29.2 Å². The summed E-state index contributed by atoms with van der Waals surface area (Å²) in [6.45, 7) is 0. The van der Waals surface area contributed by atoms with Gasteiger partial charge in [0.2, 0.25) is 23.6 Å². The summed E-state index contributed by atoms with van der Waals surface area (Å²) in [4.78, 5) is 44.6. The standard InChI is InChI=1S/C8H11N3O7S/c12-5(1-2-6(13)10-19(16,17)18)9-11-7(14)3-4-8(11)15/h1-4H2,(H,9,12)(H,10,13)(H,16,17,18). The summed E-state index contributed by atoms with van der Waals surface area (Å²) in [5, 5.41) is 0.559. The van der Waals surface area contributed by atoms with Gasteiger partial charge in [-0.05, 0) is 0 Å². The van der Waals surface area contributed by atoms with E-state index in [-0.39, 0.29) is 12.8 Å². The van der Waals surface area contributed by atoms with Gasteiger partial charge >= 0.3 is 10.3 Å². The average Bonchev–Trinajstić information content (AvgIpc) is 2.56. The van der Waals surface area contributed by atoms with Crippen LogP contribution in [0.3, 0.4) is 0 Å². The van der Waals surface area contributed by atoms with Crippen molar-refractivity contribution >= 4 is 33.9 Å². The number of carbonyl (C=O) groups excluding carboxylic acids is 4. The van der Waals surface area contributed by atoms with Crippen LogP contribution in [0.1, 0.15) is 25.7 Å². The normalized spacial score (nSPS) is 15.5. The zero-order valence-corrected chi connectivity index (χ0v) is 10.4. The Morgan fingerprint density at radius 2 is 1.58 bits per heavy atom. The van der Waals surface area contributed by atoms with Gasteiger partial charge in [0, 0.05) is 25.7 Å². The molecule has 1 heterocycles. The highest BCUT2D eigenvalue weighted by molar-refractivity contribution is 7.84. The summed E-state index contributed by atoms with van der Waals surface area (Å²) in [6.07, 6.45) is -0.967. The van der Waals surface area contributed by atoms with Crippen molar-refractivity contribution < 1.29 is 32.1 Å². The van der Waals surface area contributed by atoms with E-state index in [0.29, 0.717) is 5.01 Å². The third-order valence-electron chi connectivity index (χ3n) is 2.11. The molecule has 1 saturated heterocycles. The first-order chi connectivity index (χ1) is 8.69. The van der Waals surface area contributed by atoms with Crippen molar-refractivity contribution in [3.63, 3.8) is 0 Å². The Morgan fingerprint density at radius 1 is 1.11 bits per heavy atom. The first-order valence-electron chi connectivity index (χ1n) is 5.12. The smallest absolute Gasteiger partial charge is 0.274 e. The van der Waals surface area contributed by atoms with Crippen LogP contribution in [0.5, 0.6) is 0 Å². The molecule has 3 N–H and O–H groups in total. The molecule has 4 amide bonds. The third kappa shape index (κ3) is 5.01. The van der Waals surface area contributed by atoms with Crippen molar-refractivity contribution in [2.75, 3.05) is 0 Å². The second-order valence-corrected chi connectivity index (χ2v) is 4.81. The van der Waals surface area contributed by atoms with Crippen LogP contribution in [0, 0.1) is 0 Å². The lowest BCUT2D eigenvalue weighted by atomic mass is 10.3. The predicted molar refractivity (Wildman–Crippen MR) is 58.2 cm³/mol. The van der Waals surface area contributed by atoms with Crippen LogP contribution in [0.15, 0.2) is 0 Å². The average molecular weight is 293 g/mol. The summed E-state index contributed by atoms with van der Waals surface area (Å²) in [7, 11) is -4.66. The molecule has 0 aromatic heterocycles. The Labute approximate surface area is 108 Å². The van der Waals surface area contributed by atoms with Gasteiger partial charge in [-0.1, -0.05) is 0 Å². The lowest BCUT2D eigenvalue weighted by molar-refractivity contribution is -0.147. The molecule has 0 atom stereocenters. The fraction of sp³-hybridized carbons (Fsp3) is 0.500. The molecule has 0 saturated carbocycles. The fourth-order valence-electron chi connectivity index (χ4n) is 1.30. The van der Waals surface area contributed by atoms with Crippen LogP contribution in [0.4, 0.5) is 0 Å². The van der Waals surface area contributed by atoms with Crippen LogP contribution >= 0.6 is 0 Å². The fourth-order valence-corrected chi connectivity index (χ4v) is 1.69. The van der Waals surface area contributed by atoms with Crippen LogP contribution < -0.4 is 10.1 Å². The lowest BCUT2D eigenvalue weighted by Gasteiger charge is -2.14. The molecule has 1 aliphatic rings. The van der Waals surface area contributed by atoms with Gasteiger partial charge in [-0.2, -0.15) is 13.4 Å². The van der Waals surface area contributed by atoms with Gasteiger partial charge in [0.1, 0.15) is 0 Å². The summed E-state index contributed by atoms with van der Waals surface area (Å²) in [6, 6.07) is 0. The van der Waals surface area contributed by atoms with Gasteiger partial charge in [-0.25, -0.2) is 4.72 Å². The van der Waals surface area contributed by atoms with Gasteiger partial charge in [-0.15, -0.1) is 0 Å². The zero-order chi connectivity index (χ0) is 14.6. The predicted octanol–water partition coefficient (Wildman–Crippen LogP) is -2.13. The van der Waals surface area contributed by atoms with E-state index in [4.69, 9.17) is 4.55 Å². The van der Waals surface area contributed by atoms with Crippen molar-refractivity contribution in [3.05, 3.63) is 0 Å². The molecule has 1 rings (SSSR count). The zero-order valence-electron chi connectivity index (χ0n) is 9.58. The molecule has 0 aromatic rings. The van der Waals surface area contributed by atoms with Crippen LogP contribution in [-0.4, -0.2) is 41.6 Å². The van der Waals surface area contributed by atoms with E-state index >= 15 is 0 Å². The maximum Gasteiger partial charge on any atom is 0.359 e. The minimum Gasteiger partial charge on any atom is -0.274 e. The number of hydrogen-bond donors (Lipinski definition) is 3. The van der Waals surface area contributed by atoms with E-state index < -0.39 is 46.8 Å². The minimum atomic E-state index is -4.66. The Balaban J connectivity index is 2.38. The van der Waals surface area contributed by atoms with E-state index in [2.05, 4.69) is 0 Å². The second-order valence-electron chi connectivity index (χ2n) is 3.66. The number of hydrazine groups is 1. The largest absolute Gasteiger partial charge is 0.359 e. The highest BCUT2D eigenvalue weighted by Crippen LogP contribution is 2.08. The Hall–Kier alpha value is -2.01. The number of amides is 4. The highest BCUT2D eigenvalue weighted by atomic mass is 32.2. The molecule has 11 heteroatoms. The lowest BCUT2D eigenvalue weighted by Crippen LogP contribution is -2.45. The molecule has 0 aliphatic carbocycles. The Bertz CT molecular complexity index is 510. The van der Waals surface area contributed by atoms with Crippen LogP contribution in [0.2, 0.25) is 0 Å². The monoisotopic (exact) mass is 293 g/mol. The van der Waals surface area contributed by atoms with E-state index in [9.17, 15) is 27.6 Å². The van der Waals surface area contributed by atoms with Crippen LogP contribution in [0.25, 0.3) is 0 Å². The second kappa shape index (κ2) is 5.75. The molecule has 106 valence electrons. The first-order valence-corrected chi connectivity index (χ1v) is 6.56. The molecule has 10 nitrogen and oxygen atoms in total. The number of rotatable bonds is 5. The van der Waals surface area contributed by atoms with E-state index in [1.807, 2.05) is 5.43 Å². The van der Waals surface area contributed by atoms with Crippen molar-refractivity contribution in [2.45, 2.75) is 25.7 Å². The number of nitrogens with one attached hydrogen (secondary N) is 2. The molecule has 0 aromatic carbocycles. The number of imide groups is 1. The third-order valence-corrected chi connectivity index (χ3v) is 2.60. The first kappa shape index (κ1) is 15.0.